The largest absolute Gasteiger partial charge is 0.497 e. The third-order valence-corrected chi connectivity index (χ3v) is 6.37. The van der Waals surface area contributed by atoms with Crippen molar-refractivity contribution in [3.63, 3.8) is 0 Å². The van der Waals surface area contributed by atoms with Gasteiger partial charge in [-0.25, -0.2) is 8.42 Å². The van der Waals surface area contributed by atoms with Crippen molar-refractivity contribution in [1.82, 2.24) is 4.72 Å². The Morgan fingerprint density at radius 3 is 2.25 bits per heavy atom. The van der Waals surface area contributed by atoms with E-state index in [-0.39, 0.29) is 11.3 Å². The molecule has 0 aliphatic rings. The van der Waals surface area contributed by atoms with E-state index in [0.717, 1.165) is 11.1 Å². The van der Waals surface area contributed by atoms with Crippen LogP contribution in [0.4, 0.5) is 5.69 Å². The maximum Gasteiger partial charge on any atom is 0.243 e. The molecule has 1 atom stereocenters. The summed E-state index contributed by atoms with van der Waals surface area (Å²) in [7, 11) is -0.954. The smallest absolute Gasteiger partial charge is 0.243 e. The van der Waals surface area contributed by atoms with Gasteiger partial charge in [0.1, 0.15) is 17.5 Å². The van der Waals surface area contributed by atoms with Gasteiger partial charge in [-0.2, -0.15) is 4.72 Å². The molecule has 7 nitrogen and oxygen atoms in total. The molecule has 32 heavy (non-hydrogen) atoms. The molecule has 0 aliphatic carbocycles. The van der Waals surface area contributed by atoms with Gasteiger partial charge < -0.3 is 14.8 Å². The van der Waals surface area contributed by atoms with E-state index < -0.39 is 22.0 Å². The molecule has 3 aromatic carbocycles. The third-order valence-electron chi connectivity index (χ3n) is 4.88. The summed E-state index contributed by atoms with van der Waals surface area (Å²) in [5.74, 6) is 0.532. The number of aryl methyl sites for hydroxylation is 1. The summed E-state index contributed by atoms with van der Waals surface area (Å²) in [6.07, 6.45) is 0.177. The molecule has 0 spiro atoms. The SMILES string of the molecule is COc1ccc(S(=O)(=O)NC(Cc2ccccc2)C(=O)Nc2cc(C)ccc2OC)cc1. The molecule has 1 amide bonds. The second-order valence-electron chi connectivity index (χ2n) is 7.23. The molecule has 3 aromatic rings. The second-order valence-corrected chi connectivity index (χ2v) is 8.95. The van der Waals surface area contributed by atoms with E-state index in [1.807, 2.05) is 43.3 Å². The average molecular weight is 455 g/mol. The number of carbonyl (C=O) groups excluding carboxylic acids is 1. The zero-order valence-electron chi connectivity index (χ0n) is 18.2. The first-order valence-electron chi connectivity index (χ1n) is 9.98. The molecule has 8 heteroatoms. The third kappa shape index (κ3) is 5.87. The van der Waals surface area contributed by atoms with E-state index in [0.29, 0.717) is 17.2 Å². The zero-order valence-corrected chi connectivity index (χ0v) is 19.0. The standard InChI is InChI=1S/C24H26N2O5S/c1-17-9-14-23(31-3)21(15-17)25-24(27)22(16-18-7-5-4-6-8-18)26-32(28,29)20-12-10-19(30-2)11-13-20/h4-15,22,26H,16H2,1-3H3,(H,25,27). The van der Waals surface area contributed by atoms with Gasteiger partial charge in [0, 0.05) is 0 Å². The van der Waals surface area contributed by atoms with Gasteiger partial charge in [-0.05, 0) is 60.9 Å². The lowest BCUT2D eigenvalue weighted by Crippen LogP contribution is -2.45. The highest BCUT2D eigenvalue weighted by Crippen LogP contribution is 2.26. The fourth-order valence-corrected chi connectivity index (χ4v) is 4.38. The molecule has 0 fully saturated rings. The first-order chi connectivity index (χ1) is 15.3. The van der Waals surface area contributed by atoms with Gasteiger partial charge in [0.05, 0.1) is 24.8 Å². The van der Waals surface area contributed by atoms with Crippen LogP contribution in [0.5, 0.6) is 11.5 Å². The fraction of sp³-hybridized carbons (Fsp3) is 0.208. The van der Waals surface area contributed by atoms with Crippen LogP contribution >= 0.6 is 0 Å². The molecule has 1 unspecified atom stereocenters. The van der Waals surface area contributed by atoms with Crippen molar-refractivity contribution in [3.05, 3.63) is 83.9 Å². The van der Waals surface area contributed by atoms with Crippen LogP contribution in [-0.4, -0.2) is 34.6 Å². The van der Waals surface area contributed by atoms with E-state index >= 15 is 0 Å². The first-order valence-corrected chi connectivity index (χ1v) is 11.5. The maximum absolute atomic E-state index is 13.2. The van der Waals surface area contributed by atoms with Crippen LogP contribution in [-0.2, 0) is 21.2 Å². The van der Waals surface area contributed by atoms with Crippen LogP contribution in [0.2, 0.25) is 0 Å². The van der Waals surface area contributed by atoms with Crippen molar-refractivity contribution in [2.24, 2.45) is 0 Å². The van der Waals surface area contributed by atoms with E-state index in [4.69, 9.17) is 9.47 Å². The molecule has 3 rings (SSSR count). The fourth-order valence-electron chi connectivity index (χ4n) is 3.19. The van der Waals surface area contributed by atoms with Gasteiger partial charge in [0.2, 0.25) is 15.9 Å². The molecule has 0 heterocycles. The lowest BCUT2D eigenvalue weighted by Gasteiger charge is -2.20. The summed E-state index contributed by atoms with van der Waals surface area (Å²) >= 11 is 0. The van der Waals surface area contributed by atoms with Crippen LogP contribution < -0.4 is 19.5 Å². The Kier molecular flexibility index (Phi) is 7.50. The molecule has 0 aromatic heterocycles. The van der Waals surface area contributed by atoms with E-state index in [9.17, 15) is 13.2 Å². The van der Waals surface area contributed by atoms with Crippen molar-refractivity contribution >= 4 is 21.6 Å². The summed E-state index contributed by atoms with van der Waals surface area (Å²) in [5.41, 5.74) is 2.22. The van der Waals surface area contributed by atoms with Gasteiger partial charge in [-0.15, -0.1) is 0 Å². The number of rotatable bonds is 9. The van der Waals surface area contributed by atoms with Crippen LogP contribution in [0.1, 0.15) is 11.1 Å². The van der Waals surface area contributed by atoms with E-state index in [1.54, 1.807) is 24.3 Å². The Balaban J connectivity index is 1.89. The lowest BCUT2D eigenvalue weighted by atomic mass is 10.1. The number of hydrogen-bond donors (Lipinski definition) is 2. The van der Waals surface area contributed by atoms with Gasteiger partial charge in [0.25, 0.3) is 0 Å². The average Bonchev–Trinajstić information content (AvgIpc) is 2.79. The van der Waals surface area contributed by atoms with Gasteiger partial charge in [-0.3, -0.25) is 4.79 Å². The van der Waals surface area contributed by atoms with Gasteiger partial charge in [-0.1, -0.05) is 36.4 Å². The second kappa shape index (κ2) is 10.3. The number of nitrogens with one attached hydrogen (secondary N) is 2. The van der Waals surface area contributed by atoms with Gasteiger partial charge >= 0.3 is 0 Å². The Hall–Kier alpha value is -3.36. The molecule has 0 saturated carbocycles. The normalized spacial score (nSPS) is 12.1. The van der Waals surface area contributed by atoms with E-state index in [2.05, 4.69) is 10.0 Å². The Labute approximate surface area is 188 Å². The minimum absolute atomic E-state index is 0.0392. The number of benzene rings is 3. The Morgan fingerprint density at radius 2 is 1.62 bits per heavy atom. The Bertz CT molecular complexity index is 1160. The molecule has 0 bridgehead atoms. The maximum atomic E-state index is 13.2. The highest BCUT2D eigenvalue weighted by molar-refractivity contribution is 7.89. The Morgan fingerprint density at radius 1 is 0.938 bits per heavy atom. The van der Waals surface area contributed by atoms with Gasteiger partial charge in [0.15, 0.2) is 0 Å². The topological polar surface area (TPSA) is 93.7 Å². The molecular formula is C24H26N2O5S. The molecule has 0 radical (unpaired) electrons. The zero-order chi connectivity index (χ0) is 23.1. The number of carbonyl (C=O) groups is 1. The number of methoxy groups -OCH3 is 2. The number of sulfonamides is 1. The van der Waals surface area contributed by atoms with Crippen molar-refractivity contribution in [3.8, 4) is 11.5 Å². The van der Waals surface area contributed by atoms with Crippen LogP contribution in [0, 0.1) is 6.92 Å². The van der Waals surface area contributed by atoms with Crippen molar-refractivity contribution < 1.29 is 22.7 Å². The highest BCUT2D eigenvalue weighted by atomic mass is 32.2. The summed E-state index contributed by atoms with van der Waals surface area (Å²) < 4.78 is 39.0. The number of ether oxygens (including phenoxy) is 2. The number of hydrogen-bond acceptors (Lipinski definition) is 5. The first kappa shape index (κ1) is 23.3. The summed E-state index contributed by atoms with van der Waals surface area (Å²) in [6.45, 7) is 1.89. The molecular weight excluding hydrogens is 428 g/mol. The molecule has 0 aliphatic heterocycles. The predicted octanol–water partition coefficient (Wildman–Crippen LogP) is 3.54. The quantitative estimate of drug-likeness (QED) is 0.516. The minimum atomic E-state index is -3.96. The van der Waals surface area contributed by atoms with Crippen LogP contribution in [0.25, 0.3) is 0 Å². The predicted molar refractivity (Wildman–Crippen MR) is 124 cm³/mol. The van der Waals surface area contributed by atoms with E-state index in [1.165, 1.54) is 26.4 Å². The van der Waals surface area contributed by atoms with Crippen molar-refractivity contribution in [1.29, 1.82) is 0 Å². The summed E-state index contributed by atoms with van der Waals surface area (Å²) in [5, 5.41) is 2.80. The molecule has 2 N–H and O–H groups in total. The monoisotopic (exact) mass is 454 g/mol. The molecule has 0 saturated heterocycles. The summed E-state index contributed by atoms with van der Waals surface area (Å²) in [6, 6.07) is 19.5. The molecule has 168 valence electrons. The minimum Gasteiger partial charge on any atom is -0.497 e. The van der Waals surface area contributed by atoms with Crippen molar-refractivity contribution in [2.75, 3.05) is 19.5 Å². The van der Waals surface area contributed by atoms with Crippen LogP contribution in [0.3, 0.4) is 0 Å². The lowest BCUT2D eigenvalue weighted by molar-refractivity contribution is -0.117. The number of anilines is 1. The summed E-state index contributed by atoms with van der Waals surface area (Å²) in [4.78, 5) is 13.2. The number of amides is 1. The highest BCUT2D eigenvalue weighted by Gasteiger charge is 2.27. The van der Waals surface area contributed by atoms with Crippen molar-refractivity contribution in [2.45, 2.75) is 24.3 Å². The van der Waals surface area contributed by atoms with Crippen LogP contribution in [0.15, 0.2) is 77.7 Å².